The first-order valence-corrected chi connectivity index (χ1v) is 11.7. The molecule has 9 nitrogen and oxygen atoms in total. The first-order valence-electron chi connectivity index (χ1n) is 11.7. The summed E-state index contributed by atoms with van der Waals surface area (Å²) in [5, 5.41) is 23.8. The van der Waals surface area contributed by atoms with E-state index in [1.54, 1.807) is 28.4 Å². The van der Waals surface area contributed by atoms with E-state index in [1.165, 1.54) is 0 Å². The van der Waals surface area contributed by atoms with Gasteiger partial charge >= 0.3 is 0 Å². The van der Waals surface area contributed by atoms with Gasteiger partial charge in [0.25, 0.3) is 5.56 Å². The van der Waals surface area contributed by atoms with E-state index in [4.69, 9.17) is 10.7 Å². The maximum Gasteiger partial charge on any atom is 0.263 e. The molecule has 178 valence electrons. The molecule has 3 heterocycles. The summed E-state index contributed by atoms with van der Waals surface area (Å²) in [5.41, 5.74) is 9.85. The number of anilines is 1. The van der Waals surface area contributed by atoms with E-state index < -0.39 is 0 Å². The van der Waals surface area contributed by atoms with E-state index in [-0.39, 0.29) is 18.2 Å². The summed E-state index contributed by atoms with van der Waals surface area (Å²) < 4.78 is 3.30. The lowest BCUT2D eigenvalue weighted by molar-refractivity contribution is 0.270. The van der Waals surface area contributed by atoms with Gasteiger partial charge in [0, 0.05) is 43.3 Å². The predicted molar refractivity (Wildman–Crippen MR) is 135 cm³/mol. The molecule has 35 heavy (non-hydrogen) atoms. The zero-order valence-corrected chi connectivity index (χ0v) is 19.6. The minimum absolute atomic E-state index is 0.00296. The van der Waals surface area contributed by atoms with Crippen LogP contribution in [-0.2, 0) is 13.6 Å². The van der Waals surface area contributed by atoms with Crippen LogP contribution in [0.4, 0.5) is 5.95 Å². The van der Waals surface area contributed by atoms with E-state index in [0.717, 1.165) is 48.0 Å². The van der Waals surface area contributed by atoms with Crippen LogP contribution in [0.5, 0.6) is 0 Å². The molecule has 0 bridgehead atoms. The number of nitrogens with zero attached hydrogens (tertiary/aromatic N) is 6. The molecule has 0 aliphatic carbocycles. The zero-order valence-electron chi connectivity index (χ0n) is 19.6. The van der Waals surface area contributed by atoms with Crippen LogP contribution in [-0.4, -0.2) is 50.2 Å². The first-order chi connectivity index (χ1) is 17.0. The van der Waals surface area contributed by atoms with Crippen LogP contribution < -0.4 is 16.2 Å². The standard InChI is InChI=1S/C26H27N7O2/c1-31-25(35)23(19-6-7-22-20(14-19)16-33(30-22)12-13-34)24(18-4-2-17(15-27)3-5-18)29-26(31)32-10-8-21(28)9-11-32/h2-7,14,16,21,34H,8-13,28H2,1H3. The molecule has 1 saturated heterocycles. The molecule has 1 aliphatic heterocycles. The minimum atomic E-state index is -0.147. The van der Waals surface area contributed by atoms with Crippen molar-refractivity contribution in [2.45, 2.75) is 25.4 Å². The Balaban J connectivity index is 1.70. The van der Waals surface area contributed by atoms with Gasteiger partial charge in [-0.2, -0.15) is 10.4 Å². The molecular formula is C26H27N7O2. The Labute approximate surface area is 202 Å². The summed E-state index contributed by atoms with van der Waals surface area (Å²) in [5.74, 6) is 0.613. The van der Waals surface area contributed by atoms with Crippen molar-refractivity contribution in [2.24, 2.45) is 12.8 Å². The topological polar surface area (TPSA) is 126 Å². The number of rotatable bonds is 5. The third kappa shape index (κ3) is 4.30. The summed E-state index contributed by atoms with van der Waals surface area (Å²) in [6.45, 7) is 1.88. The summed E-state index contributed by atoms with van der Waals surface area (Å²) in [6.07, 6.45) is 3.55. The summed E-state index contributed by atoms with van der Waals surface area (Å²) in [4.78, 5) is 20.9. The van der Waals surface area contributed by atoms with Gasteiger partial charge in [0.05, 0.1) is 41.6 Å². The van der Waals surface area contributed by atoms with Gasteiger partial charge in [-0.15, -0.1) is 0 Å². The third-order valence-electron chi connectivity index (χ3n) is 6.55. The summed E-state index contributed by atoms with van der Waals surface area (Å²) in [6, 6.07) is 15.1. The van der Waals surface area contributed by atoms with Crippen LogP contribution in [0.25, 0.3) is 33.3 Å². The van der Waals surface area contributed by atoms with Crippen molar-refractivity contribution in [3.05, 3.63) is 64.6 Å². The molecule has 0 spiro atoms. The second-order valence-electron chi connectivity index (χ2n) is 8.90. The summed E-state index contributed by atoms with van der Waals surface area (Å²) in [7, 11) is 1.75. The van der Waals surface area contributed by atoms with Crippen molar-refractivity contribution >= 4 is 16.9 Å². The number of benzene rings is 2. The second kappa shape index (κ2) is 9.33. The molecule has 2 aromatic heterocycles. The van der Waals surface area contributed by atoms with Crippen molar-refractivity contribution in [1.82, 2.24) is 19.3 Å². The van der Waals surface area contributed by atoms with Gasteiger partial charge in [0.15, 0.2) is 0 Å². The highest BCUT2D eigenvalue weighted by atomic mass is 16.3. The molecule has 0 atom stereocenters. The van der Waals surface area contributed by atoms with E-state index in [2.05, 4.69) is 16.1 Å². The molecule has 0 unspecified atom stereocenters. The lowest BCUT2D eigenvalue weighted by atomic mass is 9.98. The predicted octanol–water partition coefficient (Wildman–Crippen LogP) is 2.26. The average Bonchev–Trinajstić information content (AvgIpc) is 3.28. The number of aliphatic hydroxyl groups is 1. The lowest BCUT2D eigenvalue weighted by Crippen LogP contribution is -2.42. The molecule has 0 radical (unpaired) electrons. The Bertz CT molecular complexity index is 1470. The highest BCUT2D eigenvalue weighted by Crippen LogP contribution is 2.32. The Morgan fingerprint density at radius 1 is 1.14 bits per heavy atom. The van der Waals surface area contributed by atoms with E-state index >= 15 is 0 Å². The van der Waals surface area contributed by atoms with Crippen LogP contribution in [0.15, 0.2) is 53.5 Å². The van der Waals surface area contributed by atoms with E-state index in [1.807, 2.05) is 36.5 Å². The van der Waals surface area contributed by atoms with Crippen molar-refractivity contribution in [3.8, 4) is 28.5 Å². The molecule has 2 aromatic carbocycles. The maximum atomic E-state index is 13.8. The highest BCUT2D eigenvalue weighted by molar-refractivity contribution is 5.88. The number of piperidine rings is 1. The van der Waals surface area contributed by atoms with Gasteiger partial charge in [-0.1, -0.05) is 18.2 Å². The fourth-order valence-corrected chi connectivity index (χ4v) is 4.59. The van der Waals surface area contributed by atoms with Gasteiger partial charge in [-0.3, -0.25) is 14.0 Å². The zero-order chi connectivity index (χ0) is 24.5. The third-order valence-corrected chi connectivity index (χ3v) is 6.55. The van der Waals surface area contributed by atoms with Crippen LogP contribution >= 0.6 is 0 Å². The van der Waals surface area contributed by atoms with E-state index in [9.17, 15) is 15.2 Å². The molecule has 3 N–H and O–H groups in total. The van der Waals surface area contributed by atoms with E-state index in [0.29, 0.717) is 29.3 Å². The molecule has 4 aromatic rings. The number of hydrogen-bond donors (Lipinski definition) is 2. The minimum Gasteiger partial charge on any atom is -0.394 e. The van der Waals surface area contributed by atoms with Gasteiger partial charge in [0.1, 0.15) is 0 Å². The molecular weight excluding hydrogens is 442 g/mol. The number of fused-ring (bicyclic) bond motifs is 1. The number of nitriles is 1. The Hall–Kier alpha value is -4.00. The quantitative estimate of drug-likeness (QED) is 0.459. The van der Waals surface area contributed by atoms with Crippen molar-refractivity contribution in [3.63, 3.8) is 0 Å². The first kappa shape index (κ1) is 22.8. The molecule has 5 rings (SSSR count). The maximum absolute atomic E-state index is 13.8. The fraction of sp³-hybridized carbons (Fsp3) is 0.308. The molecule has 9 heteroatoms. The lowest BCUT2D eigenvalue weighted by Gasteiger charge is -2.32. The van der Waals surface area contributed by atoms with Crippen molar-refractivity contribution < 1.29 is 5.11 Å². The molecule has 0 saturated carbocycles. The molecule has 1 fully saturated rings. The van der Waals surface area contributed by atoms with Gasteiger partial charge < -0.3 is 15.7 Å². The Morgan fingerprint density at radius 2 is 1.86 bits per heavy atom. The number of hydrogen-bond acceptors (Lipinski definition) is 7. The van der Waals surface area contributed by atoms with Crippen molar-refractivity contribution in [1.29, 1.82) is 5.26 Å². The SMILES string of the molecule is Cn1c(N2CCC(N)CC2)nc(-c2ccc(C#N)cc2)c(-c2ccc3nn(CCO)cc3c2)c1=O. The van der Waals surface area contributed by atoms with Gasteiger partial charge in [-0.05, 0) is 42.7 Å². The van der Waals surface area contributed by atoms with Gasteiger partial charge in [0.2, 0.25) is 5.95 Å². The molecule has 0 amide bonds. The monoisotopic (exact) mass is 469 g/mol. The smallest absolute Gasteiger partial charge is 0.263 e. The Kier molecular flexibility index (Phi) is 6.07. The number of aliphatic hydroxyl groups excluding tert-OH is 1. The van der Waals surface area contributed by atoms with Crippen LogP contribution in [0.2, 0.25) is 0 Å². The van der Waals surface area contributed by atoms with Gasteiger partial charge in [-0.25, -0.2) is 4.98 Å². The largest absolute Gasteiger partial charge is 0.394 e. The average molecular weight is 470 g/mol. The van der Waals surface area contributed by atoms with Crippen LogP contribution in [0.1, 0.15) is 18.4 Å². The number of aromatic nitrogens is 4. The second-order valence-corrected chi connectivity index (χ2v) is 8.90. The number of nitrogens with two attached hydrogens (primary N) is 1. The normalized spacial score (nSPS) is 14.4. The van der Waals surface area contributed by atoms with Crippen molar-refractivity contribution in [2.75, 3.05) is 24.6 Å². The van der Waals surface area contributed by atoms with Crippen LogP contribution in [0, 0.1) is 11.3 Å². The fourth-order valence-electron chi connectivity index (χ4n) is 4.59. The van der Waals surface area contributed by atoms with Crippen LogP contribution in [0.3, 0.4) is 0 Å². The Morgan fingerprint density at radius 3 is 2.54 bits per heavy atom. The molecule has 1 aliphatic rings. The summed E-state index contributed by atoms with van der Waals surface area (Å²) >= 11 is 0. The highest BCUT2D eigenvalue weighted by Gasteiger charge is 2.24.